The molecule has 0 spiro atoms. The Morgan fingerprint density at radius 1 is 1.25 bits per heavy atom. The minimum atomic E-state index is 0.480. The number of hydrogen-bond donors (Lipinski definition) is 0. The number of benzene rings is 1. The van der Waals surface area contributed by atoms with Gasteiger partial charge < -0.3 is 13.6 Å². The Bertz CT molecular complexity index is 610. The van der Waals surface area contributed by atoms with Crippen LogP contribution >= 0.6 is 0 Å². The fourth-order valence-electron chi connectivity index (χ4n) is 1.54. The van der Waals surface area contributed by atoms with E-state index in [0.29, 0.717) is 17.2 Å². The van der Waals surface area contributed by atoms with Crippen LogP contribution in [0.1, 0.15) is 0 Å². The lowest BCUT2D eigenvalue weighted by molar-refractivity contribution is 0.414. The molecule has 0 aliphatic rings. The molecule has 0 fully saturated rings. The maximum Gasteiger partial charge on any atom is 0.263 e. The second-order valence-corrected chi connectivity index (χ2v) is 3.33. The molecule has 2 aromatic heterocycles. The van der Waals surface area contributed by atoms with E-state index >= 15 is 0 Å². The van der Waals surface area contributed by atoms with Crippen molar-refractivity contribution in [1.29, 1.82) is 0 Å². The topological polar surface area (TPSA) is 48.4 Å². The highest BCUT2D eigenvalue weighted by Crippen LogP contribution is 2.26. The third kappa shape index (κ3) is 1.35. The first-order valence-corrected chi connectivity index (χ1v) is 4.85. The monoisotopic (exact) mass is 215 g/mol. The summed E-state index contributed by atoms with van der Waals surface area (Å²) in [6, 6.07) is 9.10. The van der Waals surface area contributed by atoms with Crippen molar-refractivity contribution in [3.63, 3.8) is 0 Å². The molecule has 0 N–H and O–H groups in total. The SMILES string of the molecule is COc1ccc2nc(-c3ccco3)oc2c1. The van der Waals surface area contributed by atoms with Crippen molar-refractivity contribution >= 4 is 11.1 Å². The smallest absolute Gasteiger partial charge is 0.263 e. The van der Waals surface area contributed by atoms with Crippen LogP contribution in [0.15, 0.2) is 45.4 Å². The zero-order valence-electron chi connectivity index (χ0n) is 8.64. The van der Waals surface area contributed by atoms with Gasteiger partial charge in [-0.1, -0.05) is 0 Å². The van der Waals surface area contributed by atoms with Crippen LogP contribution < -0.4 is 4.74 Å². The van der Waals surface area contributed by atoms with Crippen LogP contribution in [-0.2, 0) is 0 Å². The van der Waals surface area contributed by atoms with Gasteiger partial charge in [0, 0.05) is 6.07 Å². The normalized spacial score (nSPS) is 10.8. The molecule has 16 heavy (non-hydrogen) atoms. The number of hydrogen-bond acceptors (Lipinski definition) is 4. The molecule has 0 atom stereocenters. The van der Waals surface area contributed by atoms with Crippen molar-refractivity contribution in [1.82, 2.24) is 4.98 Å². The predicted octanol–water partition coefficient (Wildman–Crippen LogP) is 3.10. The molecule has 0 saturated heterocycles. The highest BCUT2D eigenvalue weighted by atomic mass is 16.5. The first-order chi connectivity index (χ1) is 7.86. The summed E-state index contributed by atoms with van der Waals surface area (Å²) in [6.07, 6.45) is 1.59. The van der Waals surface area contributed by atoms with E-state index in [9.17, 15) is 0 Å². The van der Waals surface area contributed by atoms with Crippen LogP contribution in [0.3, 0.4) is 0 Å². The Labute approximate surface area is 91.5 Å². The van der Waals surface area contributed by atoms with E-state index in [4.69, 9.17) is 13.6 Å². The molecule has 4 nitrogen and oxygen atoms in total. The van der Waals surface area contributed by atoms with Gasteiger partial charge in [0.05, 0.1) is 13.4 Å². The summed E-state index contributed by atoms with van der Waals surface area (Å²) in [5, 5.41) is 0. The molecule has 4 heteroatoms. The lowest BCUT2D eigenvalue weighted by Gasteiger charge is -1.95. The van der Waals surface area contributed by atoms with Crippen LogP contribution in [0, 0.1) is 0 Å². The summed E-state index contributed by atoms with van der Waals surface area (Å²) in [5.41, 5.74) is 1.47. The van der Waals surface area contributed by atoms with E-state index in [0.717, 1.165) is 11.3 Å². The summed E-state index contributed by atoms with van der Waals surface area (Å²) in [4.78, 5) is 4.31. The molecule has 0 aliphatic carbocycles. The van der Waals surface area contributed by atoms with Crippen molar-refractivity contribution in [2.24, 2.45) is 0 Å². The molecular formula is C12H9NO3. The Hall–Kier alpha value is -2.23. The van der Waals surface area contributed by atoms with E-state index in [2.05, 4.69) is 4.98 Å². The summed E-state index contributed by atoms with van der Waals surface area (Å²) in [5.74, 6) is 1.85. The van der Waals surface area contributed by atoms with Gasteiger partial charge in [-0.15, -0.1) is 0 Å². The third-order valence-electron chi connectivity index (χ3n) is 2.33. The number of furan rings is 1. The van der Waals surface area contributed by atoms with Gasteiger partial charge in [0.15, 0.2) is 11.3 Å². The van der Waals surface area contributed by atoms with Crippen molar-refractivity contribution in [2.45, 2.75) is 0 Å². The first-order valence-electron chi connectivity index (χ1n) is 4.85. The second kappa shape index (κ2) is 3.41. The van der Waals surface area contributed by atoms with Crippen molar-refractivity contribution in [3.05, 3.63) is 36.6 Å². The van der Waals surface area contributed by atoms with Gasteiger partial charge in [-0.3, -0.25) is 0 Å². The molecule has 80 valence electrons. The molecule has 0 aliphatic heterocycles. The quantitative estimate of drug-likeness (QED) is 0.659. The molecule has 0 unspecified atom stereocenters. The highest BCUT2D eigenvalue weighted by molar-refractivity contribution is 5.76. The van der Waals surface area contributed by atoms with Crippen LogP contribution in [0.25, 0.3) is 22.8 Å². The van der Waals surface area contributed by atoms with Gasteiger partial charge in [0.25, 0.3) is 5.89 Å². The number of aromatic nitrogens is 1. The number of oxazole rings is 1. The summed E-state index contributed by atoms with van der Waals surface area (Å²) < 4.78 is 15.9. The largest absolute Gasteiger partial charge is 0.497 e. The molecule has 2 heterocycles. The lowest BCUT2D eigenvalue weighted by atomic mass is 10.3. The van der Waals surface area contributed by atoms with Crippen LogP contribution in [0.2, 0.25) is 0 Å². The third-order valence-corrected chi connectivity index (χ3v) is 2.33. The molecule has 3 aromatic rings. The molecule has 0 saturated carbocycles. The van der Waals surface area contributed by atoms with E-state index < -0.39 is 0 Å². The number of nitrogens with zero attached hydrogens (tertiary/aromatic N) is 1. The van der Waals surface area contributed by atoms with Gasteiger partial charge >= 0.3 is 0 Å². The average Bonchev–Trinajstić information content (AvgIpc) is 2.96. The van der Waals surface area contributed by atoms with Crippen LogP contribution in [0.5, 0.6) is 5.75 Å². The lowest BCUT2D eigenvalue weighted by Crippen LogP contribution is -1.80. The van der Waals surface area contributed by atoms with Crippen LogP contribution in [0.4, 0.5) is 0 Å². The zero-order valence-corrected chi connectivity index (χ0v) is 8.64. The van der Waals surface area contributed by atoms with E-state index in [1.165, 1.54) is 0 Å². The van der Waals surface area contributed by atoms with E-state index in [1.54, 1.807) is 25.5 Å². The Morgan fingerprint density at radius 3 is 2.94 bits per heavy atom. The number of fused-ring (bicyclic) bond motifs is 1. The molecular weight excluding hydrogens is 206 g/mol. The van der Waals surface area contributed by atoms with E-state index in [-0.39, 0.29) is 0 Å². The fourth-order valence-corrected chi connectivity index (χ4v) is 1.54. The molecule has 0 radical (unpaired) electrons. The zero-order chi connectivity index (χ0) is 11.0. The maximum atomic E-state index is 5.57. The average molecular weight is 215 g/mol. The van der Waals surface area contributed by atoms with Gasteiger partial charge in [-0.25, -0.2) is 4.98 Å². The van der Waals surface area contributed by atoms with Gasteiger partial charge in [0.2, 0.25) is 0 Å². The Kier molecular flexibility index (Phi) is 1.93. The Morgan fingerprint density at radius 2 is 2.19 bits per heavy atom. The molecule has 0 amide bonds. The summed E-state index contributed by atoms with van der Waals surface area (Å²) in [7, 11) is 1.62. The standard InChI is InChI=1S/C12H9NO3/c1-14-8-4-5-9-11(7-8)16-12(13-9)10-3-2-6-15-10/h2-7H,1H3. The van der Waals surface area contributed by atoms with Crippen molar-refractivity contribution in [2.75, 3.05) is 7.11 Å². The van der Waals surface area contributed by atoms with Crippen LogP contribution in [-0.4, -0.2) is 12.1 Å². The van der Waals surface area contributed by atoms with E-state index in [1.807, 2.05) is 18.2 Å². The Balaban J connectivity index is 2.16. The minimum absolute atomic E-state index is 0.480. The minimum Gasteiger partial charge on any atom is -0.497 e. The maximum absolute atomic E-state index is 5.57. The molecule has 3 rings (SSSR count). The number of ether oxygens (including phenoxy) is 1. The summed E-state index contributed by atoms with van der Waals surface area (Å²) >= 11 is 0. The van der Waals surface area contributed by atoms with Gasteiger partial charge in [-0.2, -0.15) is 0 Å². The van der Waals surface area contributed by atoms with Crippen molar-refractivity contribution in [3.8, 4) is 17.4 Å². The molecule has 0 bridgehead atoms. The summed E-state index contributed by atoms with van der Waals surface area (Å²) in [6.45, 7) is 0. The van der Waals surface area contributed by atoms with Gasteiger partial charge in [0.1, 0.15) is 11.3 Å². The van der Waals surface area contributed by atoms with Crippen molar-refractivity contribution < 1.29 is 13.6 Å². The number of rotatable bonds is 2. The fraction of sp³-hybridized carbons (Fsp3) is 0.0833. The highest BCUT2D eigenvalue weighted by Gasteiger charge is 2.10. The predicted molar refractivity (Wildman–Crippen MR) is 58.3 cm³/mol. The second-order valence-electron chi connectivity index (χ2n) is 3.33. The first kappa shape index (κ1) is 9.03. The molecule has 1 aromatic carbocycles. The number of methoxy groups -OCH3 is 1. The van der Waals surface area contributed by atoms with Gasteiger partial charge in [-0.05, 0) is 24.3 Å².